The van der Waals surface area contributed by atoms with Gasteiger partial charge in [0.15, 0.2) is 0 Å². The molecule has 2 aromatic rings. The number of fused-ring (bicyclic) bond motifs is 1. The van der Waals surface area contributed by atoms with Crippen molar-refractivity contribution in [2.75, 3.05) is 18.0 Å². The number of likely N-dealkylation sites (N-methyl/N-ethyl adjacent to an activating group) is 1. The predicted octanol–water partition coefficient (Wildman–Crippen LogP) is 4.05. The van der Waals surface area contributed by atoms with Crippen molar-refractivity contribution in [1.29, 1.82) is 0 Å². The van der Waals surface area contributed by atoms with Crippen LogP contribution in [0.5, 0.6) is 0 Å². The molecule has 0 radical (unpaired) electrons. The standard InChI is InChI=1S/C21H25BrN2O3S/c1-5-23(28(26,27)20-10-14(2)6-7-15(20)3)13-21(25)24-16(4)11-17-12-18(22)8-9-19(17)24/h6-10,12,16H,5,11,13H2,1-4H3/t16-/m0/s1. The molecule has 0 unspecified atom stereocenters. The summed E-state index contributed by atoms with van der Waals surface area (Å²) in [6.45, 7) is 7.44. The molecular formula is C21H25BrN2O3S. The molecule has 0 saturated heterocycles. The number of amides is 1. The fourth-order valence-corrected chi connectivity index (χ4v) is 5.81. The number of aryl methyl sites for hydroxylation is 2. The van der Waals surface area contributed by atoms with Crippen LogP contribution in [0.4, 0.5) is 5.69 Å². The number of sulfonamides is 1. The number of halogens is 1. The molecule has 1 aliphatic rings. The normalized spacial score (nSPS) is 16.5. The highest BCUT2D eigenvalue weighted by Crippen LogP contribution is 2.34. The summed E-state index contributed by atoms with van der Waals surface area (Å²) in [4.78, 5) is 15.1. The zero-order valence-electron chi connectivity index (χ0n) is 16.6. The van der Waals surface area contributed by atoms with E-state index in [0.717, 1.165) is 27.7 Å². The second-order valence-electron chi connectivity index (χ2n) is 7.29. The van der Waals surface area contributed by atoms with Crippen molar-refractivity contribution in [3.8, 4) is 0 Å². The molecule has 1 heterocycles. The van der Waals surface area contributed by atoms with Crippen LogP contribution >= 0.6 is 15.9 Å². The molecule has 0 saturated carbocycles. The number of hydrogen-bond acceptors (Lipinski definition) is 3. The molecule has 3 rings (SSSR count). The number of rotatable bonds is 5. The molecular weight excluding hydrogens is 440 g/mol. The van der Waals surface area contributed by atoms with Gasteiger partial charge in [-0.05, 0) is 68.1 Å². The fraction of sp³-hybridized carbons (Fsp3) is 0.381. The molecule has 28 heavy (non-hydrogen) atoms. The average Bonchev–Trinajstić information content (AvgIpc) is 2.96. The monoisotopic (exact) mass is 464 g/mol. The Hall–Kier alpha value is -1.70. The minimum Gasteiger partial charge on any atom is -0.308 e. The molecule has 0 N–H and O–H groups in total. The van der Waals surface area contributed by atoms with Crippen LogP contribution in [0.25, 0.3) is 0 Å². The van der Waals surface area contributed by atoms with E-state index in [1.807, 2.05) is 38.1 Å². The fourth-order valence-electron chi connectivity index (χ4n) is 3.70. The van der Waals surface area contributed by atoms with Crippen molar-refractivity contribution in [2.24, 2.45) is 0 Å². The van der Waals surface area contributed by atoms with Gasteiger partial charge in [-0.1, -0.05) is 35.0 Å². The molecule has 2 aromatic carbocycles. The Morgan fingerprint density at radius 1 is 1.21 bits per heavy atom. The van der Waals surface area contributed by atoms with Crippen LogP contribution < -0.4 is 4.90 Å². The highest BCUT2D eigenvalue weighted by molar-refractivity contribution is 9.10. The number of anilines is 1. The van der Waals surface area contributed by atoms with E-state index in [4.69, 9.17) is 0 Å². The first-order valence-corrected chi connectivity index (χ1v) is 11.6. The maximum atomic E-state index is 13.2. The van der Waals surface area contributed by atoms with Crippen LogP contribution in [-0.4, -0.2) is 37.8 Å². The Morgan fingerprint density at radius 2 is 1.93 bits per heavy atom. The summed E-state index contributed by atoms with van der Waals surface area (Å²) in [5, 5.41) is 0. The van der Waals surface area contributed by atoms with Crippen molar-refractivity contribution >= 4 is 37.5 Å². The van der Waals surface area contributed by atoms with Crippen molar-refractivity contribution in [1.82, 2.24) is 4.31 Å². The van der Waals surface area contributed by atoms with Crippen LogP contribution in [-0.2, 0) is 21.2 Å². The number of hydrogen-bond donors (Lipinski definition) is 0. The SMILES string of the molecule is CCN(CC(=O)N1c2ccc(Br)cc2C[C@@H]1C)S(=O)(=O)c1cc(C)ccc1C. The smallest absolute Gasteiger partial charge is 0.243 e. The van der Waals surface area contributed by atoms with E-state index < -0.39 is 10.0 Å². The minimum absolute atomic E-state index is 0.00100. The highest BCUT2D eigenvalue weighted by Gasteiger charge is 2.34. The largest absolute Gasteiger partial charge is 0.308 e. The van der Waals surface area contributed by atoms with Gasteiger partial charge < -0.3 is 4.90 Å². The molecule has 150 valence electrons. The second-order valence-corrected chi connectivity index (χ2v) is 10.1. The van der Waals surface area contributed by atoms with E-state index in [9.17, 15) is 13.2 Å². The number of carbonyl (C=O) groups excluding carboxylic acids is 1. The number of carbonyl (C=O) groups is 1. The molecule has 1 amide bonds. The molecule has 5 nitrogen and oxygen atoms in total. The maximum absolute atomic E-state index is 13.2. The van der Waals surface area contributed by atoms with Gasteiger partial charge in [0.25, 0.3) is 0 Å². The summed E-state index contributed by atoms with van der Waals surface area (Å²) in [7, 11) is -3.75. The second kappa shape index (κ2) is 7.97. The third-order valence-electron chi connectivity index (χ3n) is 5.15. The lowest BCUT2D eigenvalue weighted by Gasteiger charge is -2.27. The van der Waals surface area contributed by atoms with Crippen LogP contribution in [0.3, 0.4) is 0 Å². The van der Waals surface area contributed by atoms with E-state index in [-0.39, 0.29) is 29.9 Å². The van der Waals surface area contributed by atoms with Crippen molar-refractivity contribution in [2.45, 2.75) is 45.1 Å². The van der Waals surface area contributed by atoms with Gasteiger partial charge in [-0.3, -0.25) is 4.79 Å². The quantitative estimate of drug-likeness (QED) is 0.670. The first kappa shape index (κ1) is 21.0. The van der Waals surface area contributed by atoms with Gasteiger partial charge >= 0.3 is 0 Å². The summed E-state index contributed by atoms with van der Waals surface area (Å²) in [5.74, 6) is -0.204. The lowest BCUT2D eigenvalue weighted by atomic mass is 10.1. The Bertz CT molecular complexity index is 1020. The third kappa shape index (κ3) is 3.88. The summed E-state index contributed by atoms with van der Waals surface area (Å²) >= 11 is 3.47. The van der Waals surface area contributed by atoms with E-state index in [2.05, 4.69) is 15.9 Å². The van der Waals surface area contributed by atoms with Gasteiger partial charge in [0.1, 0.15) is 0 Å². The highest BCUT2D eigenvalue weighted by atomic mass is 79.9. The number of nitrogens with zero attached hydrogens (tertiary/aromatic N) is 2. The molecule has 0 aromatic heterocycles. The van der Waals surface area contributed by atoms with E-state index in [0.29, 0.717) is 5.56 Å². The Labute approximate surface area is 175 Å². The van der Waals surface area contributed by atoms with Gasteiger partial charge in [0, 0.05) is 22.7 Å². The lowest BCUT2D eigenvalue weighted by Crippen LogP contribution is -2.45. The Kier molecular flexibility index (Phi) is 5.98. The molecule has 7 heteroatoms. The first-order chi connectivity index (χ1) is 13.1. The van der Waals surface area contributed by atoms with Crippen LogP contribution in [0.1, 0.15) is 30.5 Å². The van der Waals surface area contributed by atoms with Crippen molar-refractivity contribution in [3.63, 3.8) is 0 Å². The van der Waals surface area contributed by atoms with Crippen molar-refractivity contribution in [3.05, 3.63) is 57.6 Å². The molecule has 0 bridgehead atoms. The molecule has 1 aliphatic heterocycles. The average molecular weight is 465 g/mol. The van der Waals surface area contributed by atoms with Crippen LogP contribution in [0.15, 0.2) is 45.8 Å². The number of benzene rings is 2. The van der Waals surface area contributed by atoms with Crippen molar-refractivity contribution < 1.29 is 13.2 Å². The summed E-state index contributed by atoms with van der Waals surface area (Å²) < 4.78 is 28.7. The summed E-state index contributed by atoms with van der Waals surface area (Å²) in [6.07, 6.45) is 0.760. The van der Waals surface area contributed by atoms with Gasteiger partial charge in [-0.15, -0.1) is 0 Å². The van der Waals surface area contributed by atoms with Crippen LogP contribution in [0.2, 0.25) is 0 Å². The zero-order valence-corrected chi connectivity index (χ0v) is 19.0. The van der Waals surface area contributed by atoms with Crippen LogP contribution in [0, 0.1) is 13.8 Å². The zero-order chi connectivity index (χ0) is 20.6. The van der Waals surface area contributed by atoms with Gasteiger partial charge in [-0.2, -0.15) is 4.31 Å². The third-order valence-corrected chi connectivity index (χ3v) is 7.71. The summed E-state index contributed by atoms with van der Waals surface area (Å²) in [5.41, 5.74) is 3.51. The van der Waals surface area contributed by atoms with E-state index in [1.165, 1.54) is 4.31 Å². The summed E-state index contributed by atoms with van der Waals surface area (Å²) in [6, 6.07) is 11.2. The molecule has 0 aliphatic carbocycles. The van der Waals surface area contributed by atoms with Gasteiger partial charge in [-0.25, -0.2) is 8.42 Å². The Morgan fingerprint density at radius 3 is 2.61 bits per heavy atom. The topological polar surface area (TPSA) is 57.7 Å². The lowest BCUT2D eigenvalue weighted by molar-refractivity contribution is -0.119. The molecule has 0 fully saturated rings. The van der Waals surface area contributed by atoms with Gasteiger partial charge in [0.05, 0.1) is 11.4 Å². The molecule has 1 atom stereocenters. The Balaban J connectivity index is 1.89. The minimum atomic E-state index is -3.75. The van der Waals surface area contributed by atoms with E-state index >= 15 is 0 Å². The van der Waals surface area contributed by atoms with E-state index in [1.54, 1.807) is 30.9 Å². The predicted molar refractivity (Wildman–Crippen MR) is 115 cm³/mol. The first-order valence-electron chi connectivity index (χ1n) is 9.33. The molecule has 0 spiro atoms. The maximum Gasteiger partial charge on any atom is 0.243 e. The van der Waals surface area contributed by atoms with Gasteiger partial charge in [0.2, 0.25) is 15.9 Å².